The summed E-state index contributed by atoms with van der Waals surface area (Å²) in [6, 6.07) is 13.9. The molecule has 0 saturated carbocycles. The summed E-state index contributed by atoms with van der Waals surface area (Å²) < 4.78 is 14.5. The highest BCUT2D eigenvalue weighted by atomic mass is 19.1. The van der Waals surface area contributed by atoms with E-state index in [1.54, 1.807) is 24.1 Å². The van der Waals surface area contributed by atoms with Crippen LogP contribution in [-0.2, 0) is 16.1 Å². The van der Waals surface area contributed by atoms with E-state index < -0.39 is 6.04 Å². The Bertz CT molecular complexity index is 779. The maximum atomic E-state index is 14.5. The first-order valence-electron chi connectivity index (χ1n) is 8.19. The molecule has 1 saturated heterocycles. The zero-order chi connectivity index (χ0) is 17.8. The number of hydrogen-bond donors (Lipinski definition) is 2. The SMILES string of the molecule is CN(c1ccccc1)c1ccc(CNC(=O)[C@@H]2CCC(=O)N2)cc1F. The quantitative estimate of drug-likeness (QED) is 0.878. The molecular weight excluding hydrogens is 321 g/mol. The van der Waals surface area contributed by atoms with Gasteiger partial charge in [0.2, 0.25) is 11.8 Å². The Kier molecular flexibility index (Phi) is 4.97. The number of para-hydroxylation sites is 1. The van der Waals surface area contributed by atoms with Crippen molar-refractivity contribution in [2.45, 2.75) is 25.4 Å². The molecule has 0 spiro atoms. The maximum absolute atomic E-state index is 14.5. The third-order valence-corrected chi connectivity index (χ3v) is 4.30. The van der Waals surface area contributed by atoms with Crippen LogP contribution in [0.25, 0.3) is 0 Å². The van der Waals surface area contributed by atoms with Crippen LogP contribution in [0.4, 0.5) is 15.8 Å². The predicted octanol–water partition coefficient (Wildman–Crippen LogP) is 2.49. The predicted molar refractivity (Wildman–Crippen MR) is 93.9 cm³/mol. The summed E-state index contributed by atoms with van der Waals surface area (Å²) in [4.78, 5) is 24.9. The molecular formula is C19H20FN3O2. The number of rotatable bonds is 5. The van der Waals surface area contributed by atoms with E-state index in [-0.39, 0.29) is 24.2 Å². The third-order valence-electron chi connectivity index (χ3n) is 4.30. The number of anilines is 2. The average Bonchev–Trinajstić information content (AvgIpc) is 3.06. The number of hydrogen-bond acceptors (Lipinski definition) is 3. The van der Waals surface area contributed by atoms with Crippen LogP contribution in [0.2, 0.25) is 0 Å². The molecule has 0 aliphatic carbocycles. The van der Waals surface area contributed by atoms with Gasteiger partial charge in [0.15, 0.2) is 0 Å². The average molecular weight is 341 g/mol. The number of carbonyl (C=O) groups is 2. The number of benzene rings is 2. The van der Waals surface area contributed by atoms with Crippen molar-refractivity contribution in [1.29, 1.82) is 0 Å². The lowest BCUT2D eigenvalue weighted by atomic mass is 10.1. The number of nitrogens with zero attached hydrogens (tertiary/aromatic N) is 1. The molecule has 5 nitrogen and oxygen atoms in total. The van der Waals surface area contributed by atoms with E-state index in [4.69, 9.17) is 0 Å². The summed E-state index contributed by atoms with van der Waals surface area (Å²) in [6.07, 6.45) is 0.868. The number of nitrogens with one attached hydrogen (secondary N) is 2. The summed E-state index contributed by atoms with van der Waals surface area (Å²) in [6.45, 7) is 0.220. The normalized spacial score (nSPS) is 16.4. The van der Waals surface area contributed by atoms with Crippen LogP contribution in [-0.4, -0.2) is 24.9 Å². The van der Waals surface area contributed by atoms with Gasteiger partial charge in [-0.3, -0.25) is 9.59 Å². The van der Waals surface area contributed by atoms with Crippen molar-refractivity contribution in [3.8, 4) is 0 Å². The van der Waals surface area contributed by atoms with Gasteiger partial charge in [0.25, 0.3) is 0 Å². The van der Waals surface area contributed by atoms with Gasteiger partial charge >= 0.3 is 0 Å². The second-order valence-electron chi connectivity index (χ2n) is 6.06. The number of amides is 2. The van der Waals surface area contributed by atoms with E-state index in [0.717, 1.165) is 5.69 Å². The molecule has 0 unspecified atom stereocenters. The summed E-state index contributed by atoms with van der Waals surface area (Å²) in [5.74, 6) is -0.705. The van der Waals surface area contributed by atoms with Crippen LogP contribution in [0.5, 0.6) is 0 Å². The van der Waals surface area contributed by atoms with Crippen molar-refractivity contribution in [1.82, 2.24) is 10.6 Å². The van der Waals surface area contributed by atoms with Crippen molar-refractivity contribution in [3.05, 3.63) is 59.9 Å². The first-order valence-corrected chi connectivity index (χ1v) is 8.19. The highest BCUT2D eigenvalue weighted by Gasteiger charge is 2.26. The third kappa shape index (κ3) is 3.96. The molecule has 1 heterocycles. The van der Waals surface area contributed by atoms with Crippen molar-refractivity contribution >= 4 is 23.2 Å². The van der Waals surface area contributed by atoms with Gasteiger partial charge in [-0.1, -0.05) is 24.3 Å². The molecule has 3 rings (SSSR count). The molecule has 2 N–H and O–H groups in total. The van der Waals surface area contributed by atoms with Gasteiger partial charge in [0.05, 0.1) is 5.69 Å². The van der Waals surface area contributed by atoms with Gasteiger partial charge in [-0.05, 0) is 36.2 Å². The fourth-order valence-corrected chi connectivity index (χ4v) is 2.85. The van der Waals surface area contributed by atoms with Crippen LogP contribution in [0.1, 0.15) is 18.4 Å². The summed E-state index contributed by atoms with van der Waals surface area (Å²) >= 11 is 0. The van der Waals surface area contributed by atoms with E-state index in [1.165, 1.54) is 6.07 Å². The molecule has 1 fully saturated rings. The van der Waals surface area contributed by atoms with Crippen molar-refractivity contribution in [2.24, 2.45) is 0 Å². The topological polar surface area (TPSA) is 61.4 Å². The first-order chi connectivity index (χ1) is 12.0. The van der Waals surface area contributed by atoms with Gasteiger partial charge in [-0.2, -0.15) is 0 Å². The first kappa shape index (κ1) is 17.0. The monoisotopic (exact) mass is 341 g/mol. The highest BCUT2D eigenvalue weighted by molar-refractivity contribution is 5.90. The Hall–Kier alpha value is -2.89. The van der Waals surface area contributed by atoms with Crippen LogP contribution >= 0.6 is 0 Å². The zero-order valence-electron chi connectivity index (χ0n) is 14.0. The van der Waals surface area contributed by atoms with E-state index in [0.29, 0.717) is 24.1 Å². The molecule has 2 amide bonds. The van der Waals surface area contributed by atoms with Gasteiger partial charge < -0.3 is 15.5 Å². The molecule has 0 radical (unpaired) electrons. The van der Waals surface area contributed by atoms with Crippen LogP contribution in [0.3, 0.4) is 0 Å². The molecule has 0 bridgehead atoms. The Balaban J connectivity index is 1.64. The van der Waals surface area contributed by atoms with Crippen LogP contribution in [0, 0.1) is 5.82 Å². The molecule has 2 aromatic carbocycles. The molecule has 130 valence electrons. The summed E-state index contributed by atoms with van der Waals surface area (Å²) in [7, 11) is 1.80. The van der Waals surface area contributed by atoms with E-state index in [9.17, 15) is 14.0 Å². The Morgan fingerprint density at radius 3 is 2.68 bits per heavy atom. The second kappa shape index (κ2) is 7.34. The van der Waals surface area contributed by atoms with E-state index in [2.05, 4.69) is 10.6 Å². The van der Waals surface area contributed by atoms with E-state index >= 15 is 0 Å². The van der Waals surface area contributed by atoms with Crippen LogP contribution < -0.4 is 15.5 Å². The maximum Gasteiger partial charge on any atom is 0.242 e. The zero-order valence-corrected chi connectivity index (χ0v) is 14.0. The van der Waals surface area contributed by atoms with Gasteiger partial charge in [-0.15, -0.1) is 0 Å². The second-order valence-corrected chi connectivity index (χ2v) is 6.06. The van der Waals surface area contributed by atoms with Gasteiger partial charge in [0.1, 0.15) is 11.9 Å². The lowest BCUT2D eigenvalue weighted by Gasteiger charge is -2.20. The molecule has 25 heavy (non-hydrogen) atoms. The van der Waals surface area contributed by atoms with Gasteiger partial charge in [0, 0.05) is 25.7 Å². The largest absolute Gasteiger partial charge is 0.350 e. The van der Waals surface area contributed by atoms with Crippen molar-refractivity contribution in [3.63, 3.8) is 0 Å². The minimum absolute atomic E-state index is 0.112. The smallest absolute Gasteiger partial charge is 0.242 e. The minimum Gasteiger partial charge on any atom is -0.350 e. The lowest BCUT2D eigenvalue weighted by Crippen LogP contribution is -2.41. The van der Waals surface area contributed by atoms with Crippen LogP contribution in [0.15, 0.2) is 48.5 Å². The number of halogens is 1. The highest BCUT2D eigenvalue weighted by Crippen LogP contribution is 2.26. The molecule has 0 aromatic heterocycles. The fourth-order valence-electron chi connectivity index (χ4n) is 2.85. The molecule has 1 atom stereocenters. The minimum atomic E-state index is -0.485. The Labute approximate surface area is 145 Å². The molecule has 6 heteroatoms. The fraction of sp³-hybridized carbons (Fsp3) is 0.263. The Morgan fingerprint density at radius 2 is 2.04 bits per heavy atom. The van der Waals surface area contributed by atoms with E-state index in [1.807, 2.05) is 30.3 Å². The molecule has 1 aliphatic heterocycles. The summed E-state index contributed by atoms with van der Waals surface area (Å²) in [5.41, 5.74) is 2.02. The summed E-state index contributed by atoms with van der Waals surface area (Å²) in [5, 5.41) is 5.35. The standard InChI is InChI=1S/C19H20FN3O2/c1-23(14-5-3-2-4-6-14)17-9-7-13(11-15(17)20)12-21-19(25)16-8-10-18(24)22-16/h2-7,9,11,16H,8,10,12H2,1H3,(H,21,25)(H,22,24)/t16-/m0/s1. The van der Waals surface area contributed by atoms with Crippen molar-refractivity contribution < 1.29 is 14.0 Å². The molecule has 1 aliphatic rings. The Morgan fingerprint density at radius 1 is 1.28 bits per heavy atom. The lowest BCUT2D eigenvalue weighted by molar-refractivity contribution is -0.125. The van der Waals surface area contributed by atoms with Gasteiger partial charge in [-0.25, -0.2) is 4.39 Å². The molecule has 2 aromatic rings. The number of carbonyl (C=O) groups excluding carboxylic acids is 2. The van der Waals surface area contributed by atoms with Crippen molar-refractivity contribution in [2.75, 3.05) is 11.9 Å².